The van der Waals surface area contributed by atoms with Gasteiger partial charge in [0.2, 0.25) is 5.91 Å². The summed E-state index contributed by atoms with van der Waals surface area (Å²) in [6.45, 7) is 1.30. The first-order valence-corrected chi connectivity index (χ1v) is 8.72. The summed E-state index contributed by atoms with van der Waals surface area (Å²) in [6, 6.07) is 15.4. The van der Waals surface area contributed by atoms with Gasteiger partial charge < -0.3 is 14.5 Å². The molecule has 0 aromatic heterocycles. The second-order valence-electron chi connectivity index (χ2n) is 6.84. The van der Waals surface area contributed by atoms with E-state index in [2.05, 4.69) is 0 Å². The van der Waals surface area contributed by atoms with Crippen molar-refractivity contribution in [1.29, 1.82) is 0 Å². The third-order valence-electron chi connectivity index (χ3n) is 4.83. The molecule has 1 aliphatic rings. The van der Waals surface area contributed by atoms with Crippen LogP contribution in [0.2, 0.25) is 0 Å². The largest absolute Gasteiger partial charge is 0.497 e. The maximum absolute atomic E-state index is 12.7. The van der Waals surface area contributed by atoms with Crippen molar-refractivity contribution < 1.29 is 14.3 Å². The van der Waals surface area contributed by atoms with Gasteiger partial charge in [-0.2, -0.15) is 0 Å². The van der Waals surface area contributed by atoms with Gasteiger partial charge >= 0.3 is 0 Å². The summed E-state index contributed by atoms with van der Waals surface area (Å²) in [5.74, 6) is 1.14. The van der Waals surface area contributed by atoms with E-state index >= 15 is 0 Å². The number of carbonyl (C=O) groups is 2. The molecule has 1 aliphatic heterocycles. The molecule has 1 fully saturated rings. The number of ether oxygens (including phenoxy) is 1. The highest BCUT2D eigenvalue weighted by molar-refractivity contribution is 5.94. The lowest BCUT2D eigenvalue weighted by atomic mass is 10.0. The minimum Gasteiger partial charge on any atom is -0.497 e. The molecule has 2 aromatic rings. The topological polar surface area (TPSA) is 49.9 Å². The Labute approximate surface area is 154 Å². The molecule has 136 valence electrons. The molecule has 0 unspecified atom stereocenters. The van der Waals surface area contributed by atoms with E-state index in [1.54, 1.807) is 31.0 Å². The minimum absolute atomic E-state index is 0.0239. The maximum atomic E-state index is 12.7. The first-order valence-electron chi connectivity index (χ1n) is 8.72. The monoisotopic (exact) mass is 352 g/mol. The zero-order chi connectivity index (χ0) is 18.7. The van der Waals surface area contributed by atoms with Crippen molar-refractivity contribution in [2.24, 2.45) is 5.92 Å². The lowest BCUT2D eigenvalue weighted by Crippen LogP contribution is -2.32. The average Bonchev–Trinajstić information content (AvgIpc) is 2.98. The number of carbonyl (C=O) groups excluding carboxylic acids is 2. The Bertz CT molecular complexity index is 801. The van der Waals surface area contributed by atoms with Gasteiger partial charge in [-0.25, -0.2) is 0 Å². The third kappa shape index (κ3) is 3.87. The number of rotatable bonds is 5. The second-order valence-corrected chi connectivity index (χ2v) is 6.84. The van der Waals surface area contributed by atoms with Crippen molar-refractivity contribution >= 4 is 11.8 Å². The number of hydrogen-bond acceptors (Lipinski definition) is 3. The zero-order valence-electron chi connectivity index (χ0n) is 15.4. The molecule has 0 spiro atoms. The summed E-state index contributed by atoms with van der Waals surface area (Å²) in [5, 5.41) is 0. The summed E-state index contributed by atoms with van der Waals surface area (Å²) in [7, 11) is 5.24. The standard InChI is InChI=1S/C21H24N2O3/c1-22-13-15(11-20(22)24)14-23(2)21(25)17-9-7-16(8-10-17)18-5-4-6-19(12-18)26-3/h4-10,12,15H,11,13-14H2,1-3H3/t15-/m0/s1. The van der Waals surface area contributed by atoms with Crippen LogP contribution in [0.4, 0.5) is 0 Å². The van der Waals surface area contributed by atoms with Crippen molar-refractivity contribution in [3.63, 3.8) is 0 Å². The van der Waals surface area contributed by atoms with Crippen molar-refractivity contribution in [1.82, 2.24) is 9.80 Å². The molecule has 3 rings (SSSR count). The molecule has 1 saturated heterocycles. The van der Waals surface area contributed by atoms with Gasteiger partial charge in [0.05, 0.1) is 7.11 Å². The summed E-state index contributed by atoms with van der Waals surface area (Å²) < 4.78 is 5.26. The molecule has 1 heterocycles. The second kappa shape index (κ2) is 7.60. The number of amides is 2. The Hall–Kier alpha value is -2.82. The molecule has 26 heavy (non-hydrogen) atoms. The highest BCUT2D eigenvalue weighted by Crippen LogP contribution is 2.24. The first-order chi connectivity index (χ1) is 12.5. The van der Waals surface area contributed by atoms with Crippen LogP contribution in [0, 0.1) is 5.92 Å². The summed E-state index contributed by atoms with van der Waals surface area (Å²) in [4.78, 5) is 27.7. The Balaban J connectivity index is 1.67. The van der Waals surface area contributed by atoms with Crippen LogP contribution in [-0.2, 0) is 4.79 Å². The Morgan fingerprint density at radius 2 is 1.92 bits per heavy atom. The van der Waals surface area contributed by atoms with E-state index in [1.165, 1.54) is 0 Å². The predicted octanol–water partition coefficient (Wildman–Crippen LogP) is 2.91. The fraction of sp³-hybridized carbons (Fsp3) is 0.333. The first kappa shape index (κ1) is 18.0. The lowest BCUT2D eigenvalue weighted by molar-refractivity contribution is -0.126. The van der Waals surface area contributed by atoms with Crippen LogP contribution >= 0.6 is 0 Å². The van der Waals surface area contributed by atoms with Gasteiger partial charge in [0, 0.05) is 45.1 Å². The third-order valence-corrected chi connectivity index (χ3v) is 4.83. The van der Waals surface area contributed by atoms with Crippen LogP contribution in [0.5, 0.6) is 5.75 Å². The Morgan fingerprint density at radius 1 is 1.19 bits per heavy atom. The molecule has 0 saturated carbocycles. The molecule has 0 aliphatic carbocycles. The van der Waals surface area contributed by atoms with Crippen LogP contribution in [0.15, 0.2) is 48.5 Å². The molecule has 0 radical (unpaired) electrons. The Kier molecular flexibility index (Phi) is 5.26. The molecule has 0 bridgehead atoms. The number of benzene rings is 2. The van der Waals surface area contributed by atoms with Gasteiger partial charge in [-0.15, -0.1) is 0 Å². The van der Waals surface area contributed by atoms with Crippen LogP contribution < -0.4 is 4.74 Å². The van der Waals surface area contributed by atoms with E-state index in [4.69, 9.17) is 4.74 Å². The quantitative estimate of drug-likeness (QED) is 0.831. The SMILES string of the molecule is COc1cccc(-c2ccc(C(=O)N(C)C[C@H]3CC(=O)N(C)C3)cc2)c1. The molecule has 1 atom stereocenters. The zero-order valence-corrected chi connectivity index (χ0v) is 15.4. The number of hydrogen-bond donors (Lipinski definition) is 0. The smallest absolute Gasteiger partial charge is 0.253 e. The van der Waals surface area contributed by atoms with Gasteiger partial charge in [-0.1, -0.05) is 24.3 Å². The highest BCUT2D eigenvalue weighted by atomic mass is 16.5. The molecule has 5 nitrogen and oxygen atoms in total. The van der Waals surface area contributed by atoms with E-state index in [0.29, 0.717) is 25.1 Å². The van der Waals surface area contributed by atoms with Crippen LogP contribution in [0.25, 0.3) is 11.1 Å². The van der Waals surface area contributed by atoms with Crippen LogP contribution in [0.3, 0.4) is 0 Å². The molecular weight excluding hydrogens is 328 g/mol. The molecular formula is C21H24N2O3. The van der Waals surface area contributed by atoms with Gasteiger partial charge in [0.25, 0.3) is 5.91 Å². The summed E-state index contributed by atoms with van der Waals surface area (Å²) >= 11 is 0. The van der Waals surface area contributed by atoms with E-state index in [9.17, 15) is 9.59 Å². The average molecular weight is 352 g/mol. The normalized spacial score (nSPS) is 16.7. The number of nitrogens with zero attached hydrogens (tertiary/aromatic N) is 2. The summed E-state index contributed by atoms with van der Waals surface area (Å²) in [5.41, 5.74) is 2.73. The van der Waals surface area contributed by atoms with Gasteiger partial charge in [-0.05, 0) is 35.4 Å². The van der Waals surface area contributed by atoms with Crippen molar-refractivity contribution in [2.75, 3.05) is 34.3 Å². The highest BCUT2D eigenvalue weighted by Gasteiger charge is 2.28. The van der Waals surface area contributed by atoms with Gasteiger partial charge in [0.1, 0.15) is 5.75 Å². The number of methoxy groups -OCH3 is 1. The van der Waals surface area contributed by atoms with E-state index in [-0.39, 0.29) is 17.7 Å². The van der Waals surface area contributed by atoms with Gasteiger partial charge in [-0.3, -0.25) is 9.59 Å². The van der Waals surface area contributed by atoms with Crippen molar-refractivity contribution in [3.8, 4) is 16.9 Å². The predicted molar refractivity (Wildman–Crippen MR) is 101 cm³/mol. The maximum Gasteiger partial charge on any atom is 0.253 e. The molecule has 2 aromatic carbocycles. The van der Waals surface area contributed by atoms with E-state index < -0.39 is 0 Å². The fourth-order valence-electron chi connectivity index (χ4n) is 3.38. The molecule has 0 N–H and O–H groups in total. The number of likely N-dealkylation sites (tertiary alicyclic amines) is 1. The summed E-state index contributed by atoms with van der Waals surface area (Å²) in [6.07, 6.45) is 0.517. The molecule has 2 amide bonds. The van der Waals surface area contributed by atoms with Crippen LogP contribution in [-0.4, -0.2) is 55.9 Å². The fourth-order valence-corrected chi connectivity index (χ4v) is 3.38. The molecule has 5 heteroatoms. The lowest BCUT2D eigenvalue weighted by Gasteiger charge is -2.21. The van der Waals surface area contributed by atoms with Crippen molar-refractivity contribution in [2.45, 2.75) is 6.42 Å². The van der Waals surface area contributed by atoms with E-state index in [0.717, 1.165) is 16.9 Å². The van der Waals surface area contributed by atoms with E-state index in [1.807, 2.05) is 48.5 Å². The van der Waals surface area contributed by atoms with Gasteiger partial charge in [0.15, 0.2) is 0 Å². The van der Waals surface area contributed by atoms with Crippen LogP contribution in [0.1, 0.15) is 16.8 Å². The van der Waals surface area contributed by atoms with Crippen molar-refractivity contribution in [3.05, 3.63) is 54.1 Å². The Morgan fingerprint density at radius 3 is 2.54 bits per heavy atom. The minimum atomic E-state index is -0.0239.